The van der Waals surface area contributed by atoms with Crippen molar-refractivity contribution in [2.75, 3.05) is 6.54 Å². The first kappa shape index (κ1) is 13.3. The third-order valence-electron chi connectivity index (χ3n) is 2.39. The molecule has 0 aliphatic rings. The Hall–Kier alpha value is -1.78. The predicted molar refractivity (Wildman–Crippen MR) is 63.0 cm³/mol. The fourth-order valence-corrected chi connectivity index (χ4v) is 1.44. The minimum atomic E-state index is -0.146. The van der Waals surface area contributed by atoms with E-state index in [4.69, 9.17) is 0 Å². The maximum absolute atomic E-state index is 11.6. The highest BCUT2D eigenvalue weighted by Crippen LogP contribution is 2.01. The van der Waals surface area contributed by atoms with Gasteiger partial charge in [0.1, 0.15) is 5.82 Å². The van der Waals surface area contributed by atoms with Crippen molar-refractivity contribution in [1.82, 2.24) is 14.9 Å². The van der Waals surface area contributed by atoms with E-state index in [9.17, 15) is 9.59 Å². The Morgan fingerprint density at radius 3 is 2.12 bits per heavy atom. The molecule has 5 nitrogen and oxygen atoms in total. The molecule has 2 amide bonds. The summed E-state index contributed by atoms with van der Waals surface area (Å²) in [7, 11) is 0. The average Bonchev–Trinajstić information content (AvgIpc) is 2.39. The van der Waals surface area contributed by atoms with Gasteiger partial charge < -0.3 is 0 Å². The third-order valence-corrected chi connectivity index (χ3v) is 2.39. The van der Waals surface area contributed by atoms with Crippen molar-refractivity contribution in [2.45, 2.75) is 33.1 Å². The van der Waals surface area contributed by atoms with Crippen LogP contribution in [0.1, 0.15) is 32.5 Å². The number of nitrogens with zero attached hydrogens (tertiary/aromatic N) is 3. The van der Waals surface area contributed by atoms with E-state index in [1.54, 1.807) is 32.3 Å². The second kappa shape index (κ2) is 6.73. The maximum atomic E-state index is 11.6. The molecule has 0 aliphatic heterocycles. The quantitative estimate of drug-likeness (QED) is 0.769. The van der Waals surface area contributed by atoms with Crippen LogP contribution in [-0.4, -0.2) is 33.2 Å². The Labute approximate surface area is 101 Å². The summed E-state index contributed by atoms with van der Waals surface area (Å²) in [6.07, 6.45) is 4.47. The van der Waals surface area contributed by atoms with Crippen LogP contribution in [0, 0.1) is 0 Å². The highest BCUT2D eigenvalue weighted by molar-refractivity contribution is 5.95. The Morgan fingerprint density at radius 2 is 1.65 bits per heavy atom. The van der Waals surface area contributed by atoms with Gasteiger partial charge in [-0.3, -0.25) is 14.5 Å². The molecule has 1 aromatic rings. The largest absolute Gasteiger partial charge is 0.282 e. The molecule has 0 aromatic carbocycles. The first-order valence-corrected chi connectivity index (χ1v) is 5.78. The summed E-state index contributed by atoms with van der Waals surface area (Å²) >= 11 is 0. The van der Waals surface area contributed by atoms with Crippen LogP contribution in [0.4, 0.5) is 0 Å². The van der Waals surface area contributed by atoms with Crippen LogP contribution in [0.3, 0.4) is 0 Å². The van der Waals surface area contributed by atoms with Crippen LogP contribution in [-0.2, 0) is 16.0 Å². The number of amides is 2. The molecular weight excluding hydrogens is 218 g/mol. The van der Waals surface area contributed by atoms with Crippen LogP contribution in [0.5, 0.6) is 0 Å². The molecule has 92 valence electrons. The molecular formula is C12H17N3O2. The Kier molecular flexibility index (Phi) is 5.26. The van der Waals surface area contributed by atoms with Gasteiger partial charge in [-0.2, -0.15) is 0 Å². The van der Waals surface area contributed by atoms with Crippen molar-refractivity contribution in [3.05, 3.63) is 24.3 Å². The van der Waals surface area contributed by atoms with Gasteiger partial charge in [0.2, 0.25) is 11.8 Å². The van der Waals surface area contributed by atoms with Crippen LogP contribution in [0.2, 0.25) is 0 Å². The fourth-order valence-electron chi connectivity index (χ4n) is 1.44. The summed E-state index contributed by atoms with van der Waals surface area (Å²) in [6, 6.07) is 1.73. The smallest absolute Gasteiger partial charge is 0.228 e. The Balaban J connectivity index is 2.61. The number of hydrogen-bond donors (Lipinski definition) is 0. The second-order valence-electron chi connectivity index (χ2n) is 3.56. The van der Waals surface area contributed by atoms with E-state index in [0.29, 0.717) is 31.6 Å². The number of carbonyl (C=O) groups is 2. The monoisotopic (exact) mass is 235 g/mol. The molecule has 0 saturated heterocycles. The van der Waals surface area contributed by atoms with Gasteiger partial charge in [-0.1, -0.05) is 13.8 Å². The SMILES string of the molecule is CCC(=O)N(CCc1ncccn1)C(=O)CC. The third kappa shape index (κ3) is 3.94. The molecule has 0 atom stereocenters. The molecule has 0 spiro atoms. The van der Waals surface area contributed by atoms with Crippen molar-refractivity contribution in [2.24, 2.45) is 0 Å². The molecule has 1 rings (SSSR count). The molecule has 0 aliphatic carbocycles. The zero-order valence-electron chi connectivity index (χ0n) is 10.2. The number of hydrogen-bond acceptors (Lipinski definition) is 4. The van der Waals surface area contributed by atoms with Gasteiger partial charge in [0.05, 0.1) is 0 Å². The second-order valence-corrected chi connectivity index (χ2v) is 3.56. The molecule has 0 radical (unpaired) electrons. The highest BCUT2D eigenvalue weighted by atomic mass is 16.2. The van der Waals surface area contributed by atoms with Crippen molar-refractivity contribution in [1.29, 1.82) is 0 Å². The molecule has 1 heterocycles. The molecule has 0 N–H and O–H groups in total. The average molecular weight is 235 g/mol. The molecule has 0 bridgehead atoms. The van der Waals surface area contributed by atoms with Crippen LogP contribution >= 0.6 is 0 Å². The lowest BCUT2D eigenvalue weighted by Gasteiger charge is -2.19. The van der Waals surface area contributed by atoms with Crippen molar-refractivity contribution < 1.29 is 9.59 Å². The van der Waals surface area contributed by atoms with E-state index in [0.717, 1.165) is 0 Å². The van der Waals surface area contributed by atoms with Gasteiger partial charge in [-0.15, -0.1) is 0 Å². The topological polar surface area (TPSA) is 63.2 Å². The normalized spacial score (nSPS) is 10.0. The van der Waals surface area contributed by atoms with Gasteiger partial charge in [-0.25, -0.2) is 9.97 Å². The van der Waals surface area contributed by atoms with E-state index < -0.39 is 0 Å². The zero-order chi connectivity index (χ0) is 12.7. The molecule has 0 saturated carbocycles. The number of carbonyl (C=O) groups excluding carboxylic acids is 2. The molecule has 1 aromatic heterocycles. The summed E-state index contributed by atoms with van der Waals surface area (Å²) in [5.41, 5.74) is 0. The van der Waals surface area contributed by atoms with Gasteiger partial charge in [0.25, 0.3) is 0 Å². The molecule has 17 heavy (non-hydrogen) atoms. The van der Waals surface area contributed by atoms with E-state index >= 15 is 0 Å². The minimum Gasteiger partial charge on any atom is -0.282 e. The molecule has 5 heteroatoms. The van der Waals surface area contributed by atoms with Crippen LogP contribution < -0.4 is 0 Å². The van der Waals surface area contributed by atoms with E-state index in [-0.39, 0.29) is 11.8 Å². The summed E-state index contributed by atoms with van der Waals surface area (Å²) in [5, 5.41) is 0. The maximum Gasteiger partial charge on any atom is 0.228 e. The molecule has 0 unspecified atom stereocenters. The predicted octanol–water partition coefficient (Wildman–Crippen LogP) is 1.19. The lowest BCUT2D eigenvalue weighted by molar-refractivity contribution is -0.144. The standard InChI is InChI=1S/C12H17N3O2/c1-3-11(16)15(12(17)4-2)9-6-10-13-7-5-8-14-10/h5,7-8H,3-4,6,9H2,1-2H3. The van der Waals surface area contributed by atoms with E-state index in [1.165, 1.54) is 4.90 Å². The summed E-state index contributed by atoms with van der Waals surface area (Å²) in [6.45, 7) is 3.85. The lowest BCUT2D eigenvalue weighted by atomic mass is 10.3. The van der Waals surface area contributed by atoms with Gasteiger partial charge >= 0.3 is 0 Å². The zero-order valence-corrected chi connectivity index (χ0v) is 10.2. The highest BCUT2D eigenvalue weighted by Gasteiger charge is 2.18. The van der Waals surface area contributed by atoms with E-state index in [2.05, 4.69) is 9.97 Å². The van der Waals surface area contributed by atoms with Crippen molar-refractivity contribution in [3.63, 3.8) is 0 Å². The Morgan fingerprint density at radius 1 is 1.12 bits per heavy atom. The van der Waals surface area contributed by atoms with Crippen LogP contribution in [0.15, 0.2) is 18.5 Å². The van der Waals surface area contributed by atoms with Gasteiger partial charge in [0.15, 0.2) is 0 Å². The van der Waals surface area contributed by atoms with E-state index in [1.807, 2.05) is 0 Å². The first-order chi connectivity index (χ1) is 8.19. The lowest BCUT2D eigenvalue weighted by Crippen LogP contribution is -2.37. The van der Waals surface area contributed by atoms with Gasteiger partial charge in [0, 0.05) is 38.2 Å². The fraction of sp³-hybridized carbons (Fsp3) is 0.500. The summed E-state index contributed by atoms with van der Waals surface area (Å²) in [4.78, 5) is 32.6. The van der Waals surface area contributed by atoms with Crippen molar-refractivity contribution in [3.8, 4) is 0 Å². The summed E-state index contributed by atoms with van der Waals surface area (Å²) in [5.74, 6) is 0.353. The number of rotatable bonds is 5. The van der Waals surface area contributed by atoms with Crippen molar-refractivity contribution >= 4 is 11.8 Å². The summed E-state index contributed by atoms with van der Waals surface area (Å²) < 4.78 is 0. The number of aromatic nitrogens is 2. The van der Waals surface area contributed by atoms with Crippen LogP contribution in [0.25, 0.3) is 0 Å². The number of imide groups is 1. The Bertz CT molecular complexity index is 363. The minimum absolute atomic E-state index is 0.146. The van der Waals surface area contributed by atoms with Gasteiger partial charge in [-0.05, 0) is 6.07 Å². The first-order valence-electron chi connectivity index (χ1n) is 5.78. The molecule has 0 fully saturated rings.